The van der Waals surface area contributed by atoms with Gasteiger partial charge in [0.25, 0.3) is 0 Å². The van der Waals surface area contributed by atoms with Gasteiger partial charge in [0.05, 0.1) is 18.4 Å². The quantitative estimate of drug-likeness (QED) is 0.601. The van der Waals surface area contributed by atoms with Crippen molar-refractivity contribution in [3.8, 4) is 5.69 Å². The zero-order valence-electron chi connectivity index (χ0n) is 16.3. The molecule has 0 atom stereocenters. The van der Waals surface area contributed by atoms with Crippen LogP contribution in [-0.4, -0.2) is 45.6 Å². The van der Waals surface area contributed by atoms with E-state index in [0.29, 0.717) is 19.6 Å². The summed E-state index contributed by atoms with van der Waals surface area (Å²) in [5, 5.41) is 4.37. The summed E-state index contributed by atoms with van der Waals surface area (Å²) in [5.74, 6) is -0.238. The predicted molar refractivity (Wildman–Crippen MR) is 107 cm³/mol. The van der Waals surface area contributed by atoms with E-state index in [1.807, 2.05) is 54.4 Å². The van der Waals surface area contributed by atoms with Crippen molar-refractivity contribution in [1.29, 1.82) is 0 Å². The van der Waals surface area contributed by atoms with Gasteiger partial charge in [-0.1, -0.05) is 37.3 Å². The Hall–Kier alpha value is -2.99. The molecule has 1 amide bonds. The highest BCUT2D eigenvalue weighted by Gasteiger charge is 2.15. The van der Waals surface area contributed by atoms with Crippen LogP contribution in [0.25, 0.3) is 5.69 Å². The van der Waals surface area contributed by atoms with Crippen molar-refractivity contribution in [2.45, 2.75) is 20.0 Å². The molecule has 0 aliphatic carbocycles. The van der Waals surface area contributed by atoms with Crippen LogP contribution in [0.4, 0.5) is 4.39 Å². The highest BCUT2D eigenvalue weighted by atomic mass is 19.1. The molecule has 3 aromatic rings. The van der Waals surface area contributed by atoms with Gasteiger partial charge in [0.1, 0.15) is 5.82 Å². The van der Waals surface area contributed by atoms with Crippen LogP contribution >= 0.6 is 0 Å². The SMILES string of the molecule is CCN(CC(=O)N(C)Cc1cnn(-c2ccccc2)c1)Cc1cccc(F)c1. The third kappa shape index (κ3) is 5.27. The lowest BCUT2D eigenvalue weighted by atomic mass is 10.2. The minimum absolute atomic E-state index is 0.0192. The molecular formula is C22H25FN4O. The van der Waals surface area contributed by atoms with Crippen molar-refractivity contribution >= 4 is 5.91 Å². The number of hydrogen-bond donors (Lipinski definition) is 0. The van der Waals surface area contributed by atoms with Gasteiger partial charge >= 0.3 is 0 Å². The number of benzene rings is 2. The van der Waals surface area contributed by atoms with E-state index in [1.54, 1.807) is 28.9 Å². The van der Waals surface area contributed by atoms with E-state index in [4.69, 9.17) is 0 Å². The monoisotopic (exact) mass is 380 g/mol. The molecule has 0 fully saturated rings. The van der Waals surface area contributed by atoms with Crippen molar-refractivity contribution in [1.82, 2.24) is 19.6 Å². The van der Waals surface area contributed by atoms with Crippen LogP contribution in [0.2, 0.25) is 0 Å². The number of aromatic nitrogens is 2. The third-order valence-electron chi connectivity index (χ3n) is 4.60. The average molecular weight is 380 g/mol. The lowest BCUT2D eigenvalue weighted by molar-refractivity contribution is -0.131. The lowest BCUT2D eigenvalue weighted by Gasteiger charge is -2.24. The number of para-hydroxylation sites is 1. The highest BCUT2D eigenvalue weighted by Crippen LogP contribution is 2.11. The molecule has 6 heteroatoms. The van der Waals surface area contributed by atoms with Crippen LogP contribution in [-0.2, 0) is 17.9 Å². The van der Waals surface area contributed by atoms with Crippen LogP contribution < -0.4 is 0 Å². The molecule has 0 unspecified atom stereocenters. The van der Waals surface area contributed by atoms with Gasteiger partial charge < -0.3 is 4.90 Å². The van der Waals surface area contributed by atoms with Crippen LogP contribution in [0.5, 0.6) is 0 Å². The smallest absolute Gasteiger partial charge is 0.236 e. The van der Waals surface area contributed by atoms with Crippen molar-refractivity contribution in [2.75, 3.05) is 20.1 Å². The van der Waals surface area contributed by atoms with Crippen molar-refractivity contribution in [3.63, 3.8) is 0 Å². The first-order chi connectivity index (χ1) is 13.5. The minimum Gasteiger partial charge on any atom is -0.340 e. The molecule has 0 aliphatic heterocycles. The van der Waals surface area contributed by atoms with Crippen molar-refractivity contribution in [3.05, 3.63) is 83.9 Å². The third-order valence-corrected chi connectivity index (χ3v) is 4.60. The molecule has 0 N–H and O–H groups in total. The lowest BCUT2D eigenvalue weighted by Crippen LogP contribution is -2.37. The number of halogens is 1. The molecule has 2 aromatic carbocycles. The standard InChI is InChI=1S/C22H25FN4O/c1-3-26(15-18-8-7-9-20(23)12-18)17-22(28)25(2)14-19-13-24-27(16-19)21-10-5-4-6-11-21/h4-13,16H,3,14-15,17H2,1-2H3. The first-order valence-electron chi connectivity index (χ1n) is 9.35. The van der Waals surface area contributed by atoms with E-state index in [2.05, 4.69) is 5.10 Å². The molecule has 0 bridgehead atoms. The summed E-state index contributed by atoms with van der Waals surface area (Å²) in [5.41, 5.74) is 2.81. The van der Waals surface area contributed by atoms with Crippen LogP contribution in [0.1, 0.15) is 18.1 Å². The molecule has 1 heterocycles. The maximum absolute atomic E-state index is 13.4. The van der Waals surface area contributed by atoms with Gasteiger partial charge in [-0.25, -0.2) is 9.07 Å². The summed E-state index contributed by atoms with van der Waals surface area (Å²) in [6, 6.07) is 16.4. The summed E-state index contributed by atoms with van der Waals surface area (Å²) in [4.78, 5) is 16.3. The molecule has 5 nitrogen and oxygen atoms in total. The normalized spacial score (nSPS) is 11.0. The number of rotatable bonds is 8. The van der Waals surface area contributed by atoms with Crippen LogP contribution in [0.3, 0.4) is 0 Å². The highest BCUT2D eigenvalue weighted by molar-refractivity contribution is 5.78. The van der Waals surface area contributed by atoms with E-state index in [1.165, 1.54) is 12.1 Å². The van der Waals surface area contributed by atoms with Crippen LogP contribution in [0.15, 0.2) is 67.0 Å². The van der Waals surface area contributed by atoms with Crippen molar-refractivity contribution < 1.29 is 9.18 Å². The number of carbonyl (C=O) groups is 1. The molecular weight excluding hydrogens is 355 g/mol. The van der Waals surface area contributed by atoms with E-state index >= 15 is 0 Å². The second kappa shape index (κ2) is 9.28. The fourth-order valence-electron chi connectivity index (χ4n) is 3.01. The number of amides is 1. The molecule has 28 heavy (non-hydrogen) atoms. The van der Waals surface area contributed by atoms with Gasteiger partial charge in [0.15, 0.2) is 0 Å². The van der Waals surface area contributed by atoms with Crippen molar-refractivity contribution in [2.24, 2.45) is 0 Å². The van der Waals surface area contributed by atoms with E-state index in [-0.39, 0.29) is 18.3 Å². The van der Waals surface area contributed by atoms with Crippen LogP contribution in [0, 0.1) is 5.82 Å². The molecule has 1 aromatic heterocycles. The minimum atomic E-state index is -0.257. The largest absolute Gasteiger partial charge is 0.340 e. The van der Waals surface area contributed by atoms with E-state index in [0.717, 1.165) is 16.8 Å². The Morgan fingerprint density at radius 2 is 1.86 bits per heavy atom. The Morgan fingerprint density at radius 3 is 2.57 bits per heavy atom. The first-order valence-corrected chi connectivity index (χ1v) is 9.35. The van der Waals surface area contributed by atoms with Gasteiger partial charge in [-0.2, -0.15) is 5.10 Å². The zero-order chi connectivity index (χ0) is 19.9. The molecule has 3 rings (SSSR count). The fourth-order valence-corrected chi connectivity index (χ4v) is 3.01. The van der Waals surface area contributed by atoms with Gasteiger partial charge in [-0.05, 0) is 36.4 Å². The molecule has 0 saturated carbocycles. The molecule has 0 aliphatic rings. The summed E-state index contributed by atoms with van der Waals surface area (Å²) in [6.07, 6.45) is 3.71. The number of nitrogens with zero attached hydrogens (tertiary/aromatic N) is 4. The molecule has 0 saturated heterocycles. The van der Waals surface area contributed by atoms with Gasteiger partial charge in [-0.15, -0.1) is 0 Å². The van der Waals surface area contributed by atoms with Gasteiger partial charge in [0.2, 0.25) is 5.91 Å². The van der Waals surface area contributed by atoms with Gasteiger partial charge in [-0.3, -0.25) is 9.69 Å². The Kier molecular flexibility index (Phi) is 6.55. The molecule has 146 valence electrons. The average Bonchev–Trinajstić information content (AvgIpc) is 3.16. The Labute approximate surface area is 165 Å². The summed E-state index contributed by atoms with van der Waals surface area (Å²) in [7, 11) is 1.79. The maximum atomic E-state index is 13.4. The topological polar surface area (TPSA) is 41.4 Å². The molecule has 0 spiro atoms. The van der Waals surface area contributed by atoms with Gasteiger partial charge in [0, 0.05) is 31.9 Å². The second-order valence-corrected chi connectivity index (χ2v) is 6.81. The van der Waals surface area contributed by atoms with E-state index < -0.39 is 0 Å². The predicted octanol–water partition coefficient (Wildman–Crippen LogP) is 3.49. The van der Waals surface area contributed by atoms with E-state index in [9.17, 15) is 9.18 Å². The zero-order valence-corrected chi connectivity index (χ0v) is 16.3. The Balaban J connectivity index is 1.57. The Bertz CT molecular complexity index is 910. The second-order valence-electron chi connectivity index (χ2n) is 6.81. The first kappa shape index (κ1) is 19.8. The number of likely N-dealkylation sites (N-methyl/N-ethyl adjacent to an activating group) is 2. The molecule has 0 radical (unpaired) electrons. The number of hydrogen-bond acceptors (Lipinski definition) is 3. The fraction of sp³-hybridized carbons (Fsp3) is 0.273. The summed E-state index contributed by atoms with van der Waals surface area (Å²) < 4.78 is 15.2. The summed E-state index contributed by atoms with van der Waals surface area (Å²) in [6.45, 7) is 4.03. The Morgan fingerprint density at radius 1 is 1.07 bits per heavy atom. The summed E-state index contributed by atoms with van der Waals surface area (Å²) >= 11 is 0. The maximum Gasteiger partial charge on any atom is 0.236 e. The number of carbonyl (C=O) groups excluding carboxylic acids is 1.